The summed E-state index contributed by atoms with van der Waals surface area (Å²) in [5, 5.41) is 7.27. The molecular weight excluding hydrogens is 242 g/mol. The second-order valence-electron chi connectivity index (χ2n) is 5.03. The maximum absolute atomic E-state index is 11.6. The zero-order valence-electron chi connectivity index (χ0n) is 11.1. The van der Waals surface area contributed by atoms with Crippen LogP contribution in [-0.4, -0.2) is 31.3 Å². The van der Waals surface area contributed by atoms with Crippen LogP contribution >= 0.6 is 0 Å². The minimum Gasteiger partial charge on any atom is -0.480 e. The number of carbonyl (C=O) groups is 1. The Morgan fingerprint density at radius 1 is 1.12 bits per heavy atom. The van der Waals surface area contributed by atoms with Crippen LogP contribution in [0.15, 0.2) is 0 Å². The molecule has 1 atom stereocenters. The second-order valence-corrected chi connectivity index (χ2v) is 7.11. The lowest BCUT2D eigenvalue weighted by molar-refractivity contribution is -0.136. The van der Waals surface area contributed by atoms with Crippen LogP contribution < -0.4 is 4.72 Å². The Morgan fingerprint density at radius 2 is 1.53 bits per heavy atom. The average Bonchev–Trinajstić information content (AvgIpc) is 2.15. The van der Waals surface area contributed by atoms with E-state index in [0.717, 1.165) is 0 Å². The molecule has 0 fully saturated rings. The lowest BCUT2D eigenvalue weighted by atomic mass is 9.86. The van der Waals surface area contributed by atoms with Gasteiger partial charge < -0.3 is 5.11 Å². The summed E-state index contributed by atoms with van der Waals surface area (Å²) in [4.78, 5) is 10.6. The van der Waals surface area contributed by atoms with Crippen molar-refractivity contribution in [3.05, 3.63) is 0 Å². The van der Waals surface area contributed by atoms with Crippen molar-refractivity contribution in [3.8, 4) is 0 Å². The number of sulfonamides is 1. The first kappa shape index (κ1) is 16.4. The van der Waals surface area contributed by atoms with Crippen LogP contribution in [0.3, 0.4) is 0 Å². The standard InChI is InChI=1S/C11H23NO4S/c1-7(2)10(8(3)4)6-12-17(15,16)9(5)11(13)14/h7-10,12H,6H2,1-5H3,(H,13,14). The Morgan fingerprint density at radius 3 is 1.82 bits per heavy atom. The minimum atomic E-state index is -3.77. The monoisotopic (exact) mass is 265 g/mol. The molecule has 0 spiro atoms. The number of hydrogen-bond donors (Lipinski definition) is 2. The number of aliphatic carboxylic acids is 1. The Kier molecular flexibility index (Phi) is 6.12. The third-order valence-corrected chi connectivity index (χ3v) is 4.75. The molecular formula is C11H23NO4S. The summed E-state index contributed by atoms with van der Waals surface area (Å²) in [5.41, 5.74) is 0. The molecule has 0 heterocycles. The van der Waals surface area contributed by atoms with E-state index in [2.05, 4.69) is 4.72 Å². The SMILES string of the molecule is CC(C)C(CNS(=O)(=O)C(C)C(=O)O)C(C)C. The van der Waals surface area contributed by atoms with Gasteiger partial charge in [0.25, 0.3) is 0 Å². The van der Waals surface area contributed by atoms with Crippen molar-refractivity contribution in [1.29, 1.82) is 0 Å². The Labute approximate surface area is 104 Å². The van der Waals surface area contributed by atoms with Crippen LogP contribution in [0.4, 0.5) is 0 Å². The minimum absolute atomic E-state index is 0.200. The number of carboxylic acids is 1. The molecule has 0 amide bonds. The van der Waals surface area contributed by atoms with Crippen molar-refractivity contribution in [3.63, 3.8) is 0 Å². The highest BCUT2D eigenvalue weighted by atomic mass is 32.2. The van der Waals surface area contributed by atoms with Crippen molar-refractivity contribution < 1.29 is 18.3 Å². The molecule has 0 aromatic carbocycles. The molecule has 0 aliphatic rings. The molecule has 0 aliphatic heterocycles. The molecule has 2 N–H and O–H groups in total. The van der Waals surface area contributed by atoms with Gasteiger partial charge in [-0.25, -0.2) is 13.1 Å². The van der Waals surface area contributed by atoms with Gasteiger partial charge in [-0.3, -0.25) is 4.79 Å². The Hall–Kier alpha value is -0.620. The van der Waals surface area contributed by atoms with Gasteiger partial charge in [-0.2, -0.15) is 0 Å². The van der Waals surface area contributed by atoms with Crippen molar-refractivity contribution in [2.45, 2.75) is 39.9 Å². The van der Waals surface area contributed by atoms with E-state index >= 15 is 0 Å². The van der Waals surface area contributed by atoms with Crippen LogP contribution in [0.2, 0.25) is 0 Å². The summed E-state index contributed by atoms with van der Waals surface area (Å²) in [6, 6.07) is 0. The fraction of sp³-hybridized carbons (Fsp3) is 0.909. The Bertz CT molecular complexity index is 340. The number of carboxylic acid groups (broad SMARTS) is 1. The van der Waals surface area contributed by atoms with Gasteiger partial charge in [-0.05, 0) is 24.7 Å². The zero-order valence-corrected chi connectivity index (χ0v) is 11.9. The van der Waals surface area contributed by atoms with Gasteiger partial charge in [0.2, 0.25) is 10.0 Å². The fourth-order valence-electron chi connectivity index (χ4n) is 1.71. The summed E-state index contributed by atoms with van der Waals surface area (Å²) >= 11 is 0. The third kappa shape index (κ3) is 5.04. The van der Waals surface area contributed by atoms with Crippen LogP contribution in [-0.2, 0) is 14.8 Å². The van der Waals surface area contributed by atoms with E-state index in [0.29, 0.717) is 11.8 Å². The number of rotatable bonds is 7. The first-order chi connectivity index (χ1) is 7.59. The highest BCUT2D eigenvalue weighted by molar-refractivity contribution is 7.90. The topological polar surface area (TPSA) is 83.5 Å². The predicted molar refractivity (Wildman–Crippen MR) is 67.2 cm³/mol. The predicted octanol–water partition coefficient (Wildman–Crippen LogP) is 1.31. The van der Waals surface area contributed by atoms with E-state index in [9.17, 15) is 13.2 Å². The summed E-state index contributed by atoms with van der Waals surface area (Å²) in [5.74, 6) is -0.440. The van der Waals surface area contributed by atoms with Crippen LogP contribution in [0.1, 0.15) is 34.6 Å². The molecule has 6 heteroatoms. The Balaban J connectivity index is 4.60. The highest BCUT2D eigenvalue weighted by Gasteiger charge is 2.29. The van der Waals surface area contributed by atoms with Crippen LogP contribution in [0, 0.1) is 17.8 Å². The third-order valence-electron chi connectivity index (χ3n) is 3.05. The molecule has 0 rings (SSSR count). The van der Waals surface area contributed by atoms with E-state index in [1.807, 2.05) is 27.7 Å². The molecule has 0 aliphatic carbocycles. The first-order valence-corrected chi connectivity index (χ1v) is 7.35. The number of hydrogen-bond acceptors (Lipinski definition) is 3. The normalized spacial score (nSPS) is 14.6. The molecule has 102 valence electrons. The molecule has 0 radical (unpaired) electrons. The molecule has 5 nitrogen and oxygen atoms in total. The molecule has 1 unspecified atom stereocenters. The van der Waals surface area contributed by atoms with Gasteiger partial charge in [0.1, 0.15) is 0 Å². The van der Waals surface area contributed by atoms with E-state index in [1.54, 1.807) is 0 Å². The summed E-state index contributed by atoms with van der Waals surface area (Å²) in [6.07, 6.45) is 0. The van der Waals surface area contributed by atoms with E-state index < -0.39 is 21.2 Å². The van der Waals surface area contributed by atoms with Crippen molar-refractivity contribution in [2.75, 3.05) is 6.54 Å². The van der Waals surface area contributed by atoms with E-state index in [4.69, 9.17) is 5.11 Å². The fourth-order valence-corrected chi connectivity index (χ4v) is 2.65. The zero-order chi connectivity index (χ0) is 13.8. The highest BCUT2D eigenvalue weighted by Crippen LogP contribution is 2.19. The molecule has 0 bridgehead atoms. The van der Waals surface area contributed by atoms with Gasteiger partial charge in [-0.1, -0.05) is 27.7 Å². The molecule has 0 saturated heterocycles. The largest absolute Gasteiger partial charge is 0.480 e. The lowest BCUT2D eigenvalue weighted by Crippen LogP contribution is -2.41. The van der Waals surface area contributed by atoms with Gasteiger partial charge in [-0.15, -0.1) is 0 Å². The lowest BCUT2D eigenvalue weighted by Gasteiger charge is -2.25. The van der Waals surface area contributed by atoms with Crippen molar-refractivity contribution >= 4 is 16.0 Å². The van der Waals surface area contributed by atoms with Gasteiger partial charge in [0.05, 0.1) is 0 Å². The maximum atomic E-state index is 11.6. The van der Waals surface area contributed by atoms with E-state index in [-0.39, 0.29) is 12.5 Å². The maximum Gasteiger partial charge on any atom is 0.323 e. The summed E-state index contributed by atoms with van der Waals surface area (Å²) < 4.78 is 25.7. The summed E-state index contributed by atoms with van der Waals surface area (Å²) in [7, 11) is -3.77. The molecule has 17 heavy (non-hydrogen) atoms. The first-order valence-electron chi connectivity index (χ1n) is 5.80. The summed E-state index contributed by atoms with van der Waals surface area (Å²) in [6.45, 7) is 9.57. The smallest absolute Gasteiger partial charge is 0.323 e. The molecule has 0 saturated carbocycles. The van der Waals surface area contributed by atoms with Gasteiger partial charge in [0, 0.05) is 6.54 Å². The van der Waals surface area contributed by atoms with Crippen molar-refractivity contribution in [2.24, 2.45) is 17.8 Å². The average molecular weight is 265 g/mol. The van der Waals surface area contributed by atoms with Crippen LogP contribution in [0.25, 0.3) is 0 Å². The number of nitrogens with one attached hydrogen (secondary N) is 1. The van der Waals surface area contributed by atoms with Crippen LogP contribution in [0.5, 0.6) is 0 Å². The van der Waals surface area contributed by atoms with E-state index in [1.165, 1.54) is 6.92 Å². The quantitative estimate of drug-likeness (QED) is 0.727. The molecule has 0 aromatic heterocycles. The van der Waals surface area contributed by atoms with Gasteiger partial charge >= 0.3 is 5.97 Å². The molecule has 0 aromatic rings. The van der Waals surface area contributed by atoms with Gasteiger partial charge in [0.15, 0.2) is 5.25 Å². The second kappa shape index (κ2) is 6.35. The van der Waals surface area contributed by atoms with Crippen molar-refractivity contribution in [1.82, 2.24) is 4.72 Å².